The van der Waals surface area contributed by atoms with Crippen LogP contribution in [0.15, 0.2) is 18.5 Å². The van der Waals surface area contributed by atoms with Gasteiger partial charge in [-0.15, -0.1) is 0 Å². The molecule has 22 heavy (non-hydrogen) atoms. The molecule has 0 aromatic carbocycles. The Balaban J connectivity index is 1.45. The van der Waals surface area contributed by atoms with Crippen LogP contribution in [0.4, 0.5) is 0 Å². The average Bonchev–Trinajstić information content (AvgIpc) is 3.02. The van der Waals surface area contributed by atoms with Gasteiger partial charge in [-0.05, 0) is 31.7 Å². The lowest BCUT2D eigenvalue weighted by Gasteiger charge is -2.33. The smallest absolute Gasteiger partial charge is 0.253 e. The van der Waals surface area contributed by atoms with Crippen LogP contribution in [0.2, 0.25) is 5.02 Å². The predicted molar refractivity (Wildman–Crippen MR) is 85.1 cm³/mol. The fourth-order valence-electron chi connectivity index (χ4n) is 3.16. The fourth-order valence-corrected chi connectivity index (χ4v) is 3.36. The van der Waals surface area contributed by atoms with Gasteiger partial charge < -0.3 is 15.0 Å². The molecule has 2 aliphatic heterocycles. The number of nitrogens with zero attached hydrogens (tertiary/aromatic N) is 2. The second kappa shape index (κ2) is 7.40. The van der Waals surface area contributed by atoms with Crippen LogP contribution in [-0.2, 0) is 4.74 Å². The van der Waals surface area contributed by atoms with E-state index in [0.717, 1.165) is 39.1 Å². The van der Waals surface area contributed by atoms with Crippen molar-refractivity contribution in [3.63, 3.8) is 0 Å². The lowest BCUT2D eigenvalue weighted by molar-refractivity contribution is 0.0613. The van der Waals surface area contributed by atoms with Gasteiger partial charge in [0.2, 0.25) is 0 Å². The van der Waals surface area contributed by atoms with E-state index in [1.807, 2.05) is 0 Å². The Hall–Kier alpha value is -1.17. The molecule has 1 N–H and O–H groups in total. The zero-order chi connectivity index (χ0) is 15.4. The van der Waals surface area contributed by atoms with E-state index in [0.29, 0.717) is 16.7 Å². The number of pyridine rings is 1. The van der Waals surface area contributed by atoms with E-state index in [1.54, 1.807) is 12.3 Å². The minimum Gasteiger partial charge on any atom is -0.377 e. The molecule has 0 spiro atoms. The molecule has 1 amide bonds. The number of rotatable bonds is 4. The molecule has 3 heterocycles. The first kappa shape index (κ1) is 15.7. The van der Waals surface area contributed by atoms with Crippen molar-refractivity contribution in [3.05, 3.63) is 29.0 Å². The molecule has 1 aromatic heterocycles. The van der Waals surface area contributed by atoms with Crippen molar-refractivity contribution in [2.75, 3.05) is 26.2 Å². The van der Waals surface area contributed by atoms with Crippen molar-refractivity contribution in [2.24, 2.45) is 0 Å². The molecule has 1 atom stereocenters. The molecule has 2 aliphatic rings. The second-order valence-electron chi connectivity index (χ2n) is 6.04. The van der Waals surface area contributed by atoms with Crippen LogP contribution >= 0.6 is 11.6 Å². The quantitative estimate of drug-likeness (QED) is 0.922. The summed E-state index contributed by atoms with van der Waals surface area (Å²) in [7, 11) is 0. The van der Waals surface area contributed by atoms with Gasteiger partial charge in [0.15, 0.2) is 0 Å². The highest BCUT2D eigenvalue weighted by Gasteiger charge is 2.25. The number of hydrogen-bond donors (Lipinski definition) is 1. The Morgan fingerprint density at radius 2 is 2.23 bits per heavy atom. The van der Waals surface area contributed by atoms with Crippen LogP contribution in [-0.4, -0.2) is 54.2 Å². The number of nitrogens with one attached hydrogen (secondary N) is 1. The van der Waals surface area contributed by atoms with Gasteiger partial charge in [0.1, 0.15) is 0 Å². The number of aromatic nitrogens is 1. The van der Waals surface area contributed by atoms with Gasteiger partial charge >= 0.3 is 0 Å². The zero-order valence-electron chi connectivity index (χ0n) is 12.6. The molecular formula is C16H22ClN3O2. The standard InChI is InChI=1S/C16H22ClN3O2/c17-15-10-18-6-3-14(15)16(21)19-12-4-7-20(8-5-12)11-13-2-1-9-22-13/h3,6,10,12-13H,1-2,4-5,7-9,11H2,(H,19,21). The summed E-state index contributed by atoms with van der Waals surface area (Å²) in [6.07, 6.45) is 7.80. The molecule has 0 radical (unpaired) electrons. The van der Waals surface area contributed by atoms with Crippen LogP contribution in [0.5, 0.6) is 0 Å². The van der Waals surface area contributed by atoms with E-state index >= 15 is 0 Å². The molecule has 1 aromatic rings. The molecule has 0 bridgehead atoms. The largest absolute Gasteiger partial charge is 0.377 e. The number of carbonyl (C=O) groups excluding carboxylic acids is 1. The summed E-state index contributed by atoms with van der Waals surface area (Å²) in [4.78, 5) is 18.6. The number of ether oxygens (including phenoxy) is 1. The van der Waals surface area contributed by atoms with E-state index in [1.165, 1.54) is 19.0 Å². The molecule has 0 aliphatic carbocycles. The number of carbonyl (C=O) groups is 1. The summed E-state index contributed by atoms with van der Waals surface area (Å²) in [6, 6.07) is 1.88. The molecule has 2 saturated heterocycles. The third-order valence-electron chi connectivity index (χ3n) is 4.43. The maximum atomic E-state index is 12.2. The van der Waals surface area contributed by atoms with Crippen LogP contribution in [0.3, 0.4) is 0 Å². The first-order chi connectivity index (χ1) is 10.7. The van der Waals surface area contributed by atoms with Crippen LogP contribution < -0.4 is 5.32 Å². The summed E-state index contributed by atoms with van der Waals surface area (Å²) in [5, 5.41) is 3.48. The van der Waals surface area contributed by atoms with E-state index in [9.17, 15) is 4.79 Å². The highest BCUT2D eigenvalue weighted by molar-refractivity contribution is 6.33. The van der Waals surface area contributed by atoms with Gasteiger partial charge in [-0.1, -0.05) is 11.6 Å². The summed E-state index contributed by atoms with van der Waals surface area (Å²) in [5.74, 6) is -0.107. The van der Waals surface area contributed by atoms with Crippen molar-refractivity contribution in [2.45, 2.75) is 37.8 Å². The van der Waals surface area contributed by atoms with Crippen molar-refractivity contribution in [1.29, 1.82) is 0 Å². The fraction of sp³-hybridized carbons (Fsp3) is 0.625. The lowest BCUT2D eigenvalue weighted by Crippen LogP contribution is -2.46. The van der Waals surface area contributed by atoms with Gasteiger partial charge in [0, 0.05) is 44.7 Å². The van der Waals surface area contributed by atoms with Crippen molar-refractivity contribution in [3.8, 4) is 0 Å². The van der Waals surface area contributed by atoms with Crippen molar-refractivity contribution < 1.29 is 9.53 Å². The third kappa shape index (κ3) is 3.97. The summed E-state index contributed by atoms with van der Waals surface area (Å²) >= 11 is 6.01. The number of amides is 1. The monoisotopic (exact) mass is 323 g/mol. The predicted octanol–water partition coefficient (Wildman–Crippen LogP) is 2.11. The van der Waals surface area contributed by atoms with E-state index in [2.05, 4.69) is 15.2 Å². The Labute approximate surface area is 136 Å². The Morgan fingerprint density at radius 1 is 1.41 bits per heavy atom. The highest BCUT2D eigenvalue weighted by atomic mass is 35.5. The number of hydrogen-bond acceptors (Lipinski definition) is 4. The van der Waals surface area contributed by atoms with Crippen molar-refractivity contribution >= 4 is 17.5 Å². The summed E-state index contributed by atoms with van der Waals surface area (Å²) in [5.41, 5.74) is 0.499. The third-order valence-corrected chi connectivity index (χ3v) is 4.73. The zero-order valence-corrected chi connectivity index (χ0v) is 13.4. The van der Waals surface area contributed by atoms with Crippen LogP contribution in [0, 0.1) is 0 Å². The molecule has 3 rings (SSSR count). The SMILES string of the molecule is O=C(NC1CCN(CC2CCCO2)CC1)c1ccncc1Cl. The topological polar surface area (TPSA) is 54.5 Å². The molecule has 6 heteroatoms. The highest BCUT2D eigenvalue weighted by Crippen LogP contribution is 2.18. The van der Waals surface area contributed by atoms with E-state index in [-0.39, 0.29) is 11.9 Å². The number of piperidine rings is 1. The second-order valence-corrected chi connectivity index (χ2v) is 6.45. The maximum Gasteiger partial charge on any atom is 0.253 e. The number of likely N-dealkylation sites (tertiary alicyclic amines) is 1. The minimum absolute atomic E-state index is 0.107. The normalized spacial score (nSPS) is 23.6. The Kier molecular flexibility index (Phi) is 5.28. The van der Waals surface area contributed by atoms with Gasteiger partial charge in [-0.2, -0.15) is 0 Å². The van der Waals surface area contributed by atoms with Gasteiger partial charge in [0.25, 0.3) is 5.91 Å². The summed E-state index contributed by atoms with van der Waals surface area (Å²) < 4.78 is 5.69. The van der Waals surface area contributed by atoms with Crippen LogP contribution in [0.25, 0.3) is 0 Å². The number of halogens is 1. The van der Waals surface area contributed by atoms with Gasteiger partial charge in [0.05, 0.1) is 16.7 Å². The molecule has 1 unspecified atom stereocenters. The molecule has 2 fully saturated rings. The lowest BCUT2D eigenvalue weighted by atomic mass is 10.0. The van der Waals surface area contributed by atoms with Crippen molar-refractivity contribution in [1.82, 2.24) is 15.2 Å². The Bertz CT molecular complexity index is 512. The Morgan fingerprint density at radius 3 is 2.91 bits per heavy atom. The van der Waals surface area contributed by atoms with E-state index < -0.39 is 0 Å². The minimum atomic E-state index is -0.107. The molecule has 0 saturated carbocycles. The molecule has 120 valence electrons. The molecule has 5 nitrogen and oxygen atoms in total. The van der Waals surface area contributed by atoms with E-state index in [4.69, 9.17) is 16.3 Å². The van der Waals surface area contributed by atoms with Gasteiger partial charge in [-0.25, -0.2) is 0 Å². The first-order valence-electron chi connectivity index (χ1n) is 7.96. The summed E-state index contributed by atoms with van der Waals surface area (Å²) in [6.45, 7) is 3.95. The average molecular weight is 324 g/mol. The van der Waals surface area contributed by atoms with Crippen LogP contribution in [0.1, 0.15) is 36.0 Å². The first-order valence-corrected chi connectivity index (χ1v) is 8.34. The molecular weight excluding hydrogens is 302 g/mol. The van der Waals surface area contributed by atoms with Gasteiger partial charge in [-0.3, -0.25) is 9.78 Å². The maximum absolute atomic E-state index is 12.2.